The van der Waals surface area contributed by atoms with Crippen molar-refractivity contribution in [3.8, 4) is 6.07 Å². The highest BCUT2D eigenvalue weighted by Crippen LogP contribution is 2.00. The fourth-order valence-electron chi connectivity index (χ4n) is 1.42. The van der Waals surface area contributed by atoms with Crippen molar-refractivity contribution in [2.45, 2.75) is 19.9 Å². The van der Waals surface area contributed by atoms with Gasteiger partial charge in [0.25, 0.3) is 5.91 Å². The average molecular weight is 259 g/mol. The molecule has 19 heavy (non-hydrogen) atoms. The number of nitrogens with zero attached hydrogens (tertiary/aromatic N) is 1. The molecular weight excluding hydrogens is 242 g/mol. The second kappa shape index (κ2) is 7.17. The normalized spacial score (nSPS) is 11.5. The molecule has 1 aromatic rings. The zero-order valence-electron chi connectivity index (χ0n) is 11.0. The molecular formula is C14H17N3O2. The van der Waals surface area contributed by atoms with E-state index in [9.17, 15) is 9.59 Å². The van der Waals surface area contributed by atoms with Crippen LogP contribution in [0.5, 0.6) is 0 Å². The van der Waals surface area contributed by atoms with Crippen molar-refractivity contribution in [2.75, 3.05) is 6.54 Å². The number of nitriles is 1. The fourth-order valence-corrected chi connectivity index (χ4v) is 1.42. The minimum atomic E-state index is -0.541. The lowest BCUT2D eigenvalue weighted by atomic mass is 10.1. The number of rotatable bonds is 5. The minimum Gasteiger partial charge on any atom is -0.343 e. The summed E-state index contributed by atoms with van der Waals surface area (Å²) in [7, 11) is 0. The van der Waals surface area contributed by atoms with Gasteiger partial charge in [-0.25, -0.2) is 0 Å². The first-order chi connectivity index (χ1) is 9.04. The number of amides is 2. The van der Waals surface area contributed by atoms with Gasteiger partial charge in [0.2, 0.25) is 5.91 Å². The summed E-state index contributed by atoms with van der Waals surface area (Å²) in [5, 5.41) is 13.9. The summed E-state index contributed by atoms with van der Waals surface area (Å²) in [4.78, 5) is 23.3. The van der Waals surface area contributed by atoms with Crippen molar-refractivity contribution in [2.24, 2.45) is 5.92 Å². The van der Waals surface area contributed by atoms with E-state index in [0.717, 1.165) is 0 Å². The van der Waals surface area contributed by atoms with Crippen LogP contribution >= 0.6 is 0 Å². The van der Waals surface area contributed by atoms with Gasteiger partial charge in [0.15, 0.2) is 0 Å². The third kappa shape index (κ3) is 4.80. The lowest BCUT2D eigenvalue weighted by molar-refractivity contribution is -0.120. The van der Waals surface area contributed by atoms with Gasteiger partial charge >= 0.3 is 0 Å². The number of benzene rings is 1. The zero-order valence-corrected chi connectivity index (χ0v) is 11.0. The summed E-state index contributed by atoms with van der Waals surface area (Å²) in [5.74, 6) is -0.655. The summed E-state index contributed by atoms with van der Waals surface area (Å²) >= 11 is 0. The van der Waals surface area contributed by atoms with Crippen LogP contribution < -0.4 is 10.6 Å². The standard InChI is InChI=1S/C14H17N3O2/c1-10(2)12(8-15)17-13(18)9-16-14(19)11-6-4-3-5-7-11/h3-7,10,12H,9H2,1-2H3,(H,16,19)(H,17,18). The van der Waals surface area contributed by atoms with Crippen LogP contribution in [0.25, 0.3) is 0 Å². The predicted molar refractivity (Wildman–Crippen MR) is 71.2 cm³/mol. The SMILES string of the molecule is CC(C)C(C#N)NC(=O)CNC(=O)c1ccccc1. The van der Waals surface area contributed by atoms with Crippen LogP contribution in [-0.4, -0.2) is 24.4 Å². The summed E-state index contributed by atoms with van der Waals surface area (Å²) in [6.45, 7) is 3.55. The summed E-state index contributed by atoms with van der Waals surface area (Å²) in [6.07, 6.45) is 0. The fraction of sp³-hybridized carbons (Fsp3) is 0.357. The molecule has 5 nitrogen and oxygen atoms in total. The zero-order chi connectivity index (χ0) is 14.3. The van der Waals surface area contributed by atoms with Crippen molar-refractivity contribution in [1.82, 2.24) is 10.6 Å². The molecule has 5 heteroatoms. The summed E-state index contributed by atoms with van der Waals surface area (Å²) < 4.78 is 0. The molecule has 0 aliphatic heterocycles. The Morgan fingerprint density at radius 3 is 2.42 bits per heavy atom. The molecule has 0 fully saturated rings. The Morgan fingerprint density at radius 1 is 1.26 bits per heavy atom. The molecule has 100 valence electrons. The van der Waals surface area contributed by atoms with E-state index in [1.807, 2.05) is 26.0 Å². The van der Waals surface area contributed by atoms with Crippen molar-refractivity contribution in [3.05, 3.63) is 35.9 Å². The molecule has 0 bridgehead atoms. The second-order valence-corrected chi connectivity index (χ2v) is 4.47. The molecule has 1 unspecified atom stereocenters. The monoisotopic (exact) mass is 259 g/mol. The maximum absolute atomic E-state index is 11.7. The van der Waals surface area contributed by atoms with Gasteiger partial charge in [0.1, 0.15) is 6.04 Å². The lowest BCUT2D eigenvalue weighted by Crippen LogP contribution is -2.43. The van der Waals surface area contributed by atoms with Gasteiger partial charge < -0.3 is 10.6 Å². The molecule has 0 radical (unpaired) electrons. The number of carbonyl (C=O) groups is 2. The van der Waals surface area contributed by atoms with E-state index in [1.165, 1.54) is 0 Å². The van der Waals surface area contributed by atoms with E-state index in [4.69, 9.17) is 5.26 Å². The summed E-state index contributed by atoms with van der Waals surface area (Å²) in [5.41, 5.74) is 0.496. The lowest BCUT2D eigenvalue weighted by Gasteiger charge is -2.15. The molecule has 0 aliphatic carbocycles. The Balaban J connectivity index is 2.43. The van der Waals surface area contributed by atoms with E-state index in [0.29, 0.717) is 5.56 Å². The molecule has 0 aliphatic rings. The molecule has 0 heterocycles. The van der Waals surface area contributed by atoms with Crippen molar-refractivity contribution in [3.63, 3.8) is 0 Å². The largest absolute Gasteiger partial charge is 0.343 e. The maximum Gasteiger partial charge on any atom is 0.251 e. The topological polar surface area (TPSA) is 82.0 Å². The van der Waals surface area contributed by atoms with Gasteiger partial charge in [-0.15, -0.1) is 0 Å². The van der Waals surface area contributed by atoms with Crippen LogP contribution in [0, 0.1) is 17.2 Å². The van der Waals surface area contributed by atoms with Gasteiger partial charge in [-0.1, -0.05) is 32.0 Å². The predicted octanol–water partition coefficient (Wildman–Crippen LogP) is 1.08. The van der Waals surface area contributed by atoms with E-state index in [1.54, 1.807) is 24.3 Å². The average Bonchev–Trinajstić information content (AvgIpc) is 2.42. The summed E-state index contributed by atoms with van der Waals surface area (Å²) in [6, 6.07) is 10.1. The van der Waals surface area contributed by atoms with Crippen LogP contribution in [0.2, 0.25) is 0 Å². The van der Waals surface area contributed by atoms with E-state index >= 15 is 0 Å². The van der Waals surface area contributed by atoms with Gasteiger partial charge in [0, 0.05) is 5.56 Å². The van der Waals surface area contributed by atoms with Crippen molar-refractivity contribution < 1.29 is 9.59 Å². The van der Waals surface area contributed by atoms with Crippen LogP contribution in [0.15, 0.2) is 30.3 Å². The Hall–Kier alpha value is -2.35. The second-order valence-electron chi connectivity index (χ2n) is 4.47. The molecule has 0 saturated carbocycles. The van der Waals surface area contributed by atoms with E-state index in [-0.39, 0.29) is 24.3 Å². The quantitative estimate of drug-likeness (QED) is 0.830. The van der Waals surface area contributed by atoms with Crippen molar-refractivity contribution >= 4 is 11.8 Å². The first-order valence-electron chi connectivity index (χ1n) is 6.07. The number of nitrogens with one attached hydrogen (secondary N) is 2. The highest BCUT2D eigenvalue weighted by molar-refractivity contribution is 5.96. The molecule has 0 spiro atoms. The number of carbonyl (C=O) groups excluding carboxylic acids is 2. The molecule has 2 N–H and O–H groups in total. The molecule has 0 aromatic heterocycles. The Labute approximate surface area is 112 Å². The smallest absolute Gasteiger partial charge is 0.251 e. The highest BCUT2D eigenvalue weighted by Gasteiger charge is 2.15. The first-order valence-corrected chi connectivity index (χ1v) is 6.07. The van der Waals surface area contributed by atoms with E-state index < -0.39 is 6.04 Å². The molecule has 1 rings (SSSR count). The van der Waals surface area contributed by atoms with Gasteiger partial charge in [-0.05, 0) is 18.1 Å². The molecule has 2 amide bonds. The Morgan fingerprint density at radius 2 is 1.89 bits per heavy atom. The number of hydrogen-bond acceptors (Lipinski definition) is 3. The van der Waals surface area contributed by atoms with Gasteiger partial charge in [-0.2, -0.15) is 5.26 Å². The third-order valence-electron chi connectivity index (χ3n) is 2.57. The van der Waals surface area contributed by atoms with Crippen LogP contribution in [0.4, 0.5) is 0 Å². The van der Waals surface area contributed by atoms with Gasteiger partial charge in [-0.3, -0.25) is 9.59 Å². The van der Waals surface area contributed by atoms with Crippen molar-refractivity contribution in [1.29, 1.82) is 5.26 Å². The molecule has 1 aromatic carbocycles. The Kier molecular flexibility index (Phi) is 5.55. The maximum atomic E-state index is 11.7. The molecule has 1 atom stereocenters. The number of hydrogen-bond donors (Lipinski definition) is 2. The minimum absolute atomic E-state index is 0.0266. The highest BCUT2D eigenvalue weighted by atomic mass is 16.2. The van der Waals surface area contributed by atoms with Crippen LogP contribution in [0.3, 0.4) is 0 Å². The van der Waals surface area contributed by atoms with E-state index in [2.05, 4.69) is 10.6 Å². The van der Waals surface area contributed by atoms with Crippen LogP contribution in [-0.2, 0) is 4.79 Å². The van der Waals surface area contributed by atoms with Crippen LogP contribution in [0.1, 0.15) is 24.2 Å². The molecule has 0 saturated heterocycles. The van der Waals surface area contributed by atoms with Gasteiger partial charge in [0.05, 0.1) is 12.6 Å². The third-order valence-corrected chi connectivity index (χ3v) is 2.57. The first kappa shape index (κ1) is 14.7. The Bertz CT molecular complexity index is 477.